The van der Waals surface area contributed by atoms with Crippen LogP contribution in [0.1, 0.15) is 11.3 Å². The SMILES string of the molecule is O=c1cc(CO)c(OC(F)(F)F)c(CCl)[nH]1. The summed E-state index contributed by atoms with van der Waals surface area (Å²) in [7, 11) is 0. The van der Waals surface area contributed by atoms with Crippen LogP contribution in [0.15, 0.2) is 10.9 Å². The van der Waals surface area contributed by atoms with Gasteiger partial charge in [0.15, 0.2) is 5.75 Å². The number of aromatic amines is 1. The molecule has 90 valence electrons. The fourth-order valence-electron chi connectivity index (χ4n) is 1.11. The third kappa shape index (κ3) is 3.14. The minimum Gasteiger partial charge on any atom is -0.403 e. The van der Waals surface area contributed by atoms with Gasteiger partial charge in [-0.15, -0.1) is 24.8 Å². The van der Waals surface area contributed by atoms with Crippen molar-refractivity contribution in [3.63, 3.8) is 0 Å². The lowest BCUT2D eigenvalue weighted by molar-refractivity contribution is -0.275. The lowest BCUT2D eigenvalue weighted by Crippen LogP contribution is -2.21. The summed E-state index contributed by atoms with van der Waals surface area (Å²) >= 11 is 5.36. The zero-order chi connectivity index (χ0) is 12.3. The molecule has 0 aliphatic carbocycles. The van der Waals surface area contributed by atoms with Gasteiger partial charge in [0.1, 0.15) is 0 Å². The number of H-pyrrole nitrogens is 1. The van der Waals surface area contributed by atoms with Crippen LogP contribution in [-0.2, 0) is 12.5 Å². The molecule has 0 aromatic carbocycles. The Labute approximate surface area is 92.6 Å². The zero-order valence-electron chi connectivity index (χ0n) is 7.77. The number of aromatic nitrogens is 1. The smallest absolute Gasteiger partial charge is 0.403 e. The van der Waals surface area contributed by atoms with Gasteiger partial charge in [-0.1, -0.05) is 0 Å². The second kappa shape index (κ2) is 4.75. The van der Waals surface area contributed by atoms with Crippen molar-refractivity contribution in [3.8, 4) is 5.75 Å². The van der Waals surface area contributed by atoms with Gasteiger partial charge < -0.3 is 14.8 Å². The average molecular weight is 258 g/mol. The molecule has 0 saturated carbocycles. The second-order valence-corrected chi connectivity index (χ2v) is 3.07. The van der Waals surface area contributed by atoms with Crippen molar-refractivity contribution in [3.05, 3.63) is 27.7 Å². The Morgan fingerprint density at radius 2 is 2.12 bits per heavy atom. The molecular weight excluding hydrogens is 251 g/mol. The number of aliphatic hydroxyl groups is 1. The number of rotatable bonds is 3. The van der Waals surface area contributed by atoms with E-state index in [1.54, 1.807) is 0 Å². The monoisotopic (exact) mass is 257 g/mol. The predicted octanol–water partition coefficient (Wildman–Crippen LogP) is 1.50. The largest absolute Gasteiger partial charge is 0.573 e. The molecule has 2 N–H and O–H groups in total. The number of hydrogen-bond acceptors (Lipinski definition) is 3. The minimum absolute atomic E-state index is 0.226. The summed E-state index contributed by atoms with van der Waals surface area (Å²) in [5, 5.41) is 8.82. The Bertz CT molecular complexity index is 401. The first-order chi connectivity index (χ1) is 7.37. The summed E-state index contributed by atoms with van der Waals surface area (Å²) in [6, 6.07) is 0.817. The normalized spacial score (nSPS) is 11.6. The number of ether oxygens (including phenoxy) is 1. The van der Waals surface area contributed by atoms with E-state index in [2.05, 4.69) is 9.72 Å². The summed E-state index contributed by atoms with van der Waals surface area (Å²) in [6.45, 7) is -0.751. The first-order valence-electron chi connectivity index (χ1n) is 4.05. The van der Waals surface area contributed by atoms with Crippen LogP contribution in [0.25, 0.3) is 0 Å². The van der Waals surface area contributed by atoms with E-state index in [1.807, 2.05) is 0 Å². The van der Waals surface area contributed by atoms with Gasteiger partial charge in [-0.25, -0.2) is 0 Å². The molecule has 0 aliphatic rings. The molecule has 0 atom stereocenters. The van der Waals surface area contributed by atoms with Crippen LogP contribution in [0, 0.1) is 0 Å². The second-order valence-electron chi connectivity index (χ2n) is 2.81. The van der Waals surface area contributed by atoms with Gasteiger partial charge in [-0.3, -0.25) is 4.79 Å². The highest BCUT2D eigenvalue weighted by Gasteiger charge is 2.33. The molecule has 0 bridgehead atoms. The molecule has 0 aliphatic heterocycles. The quantitative estimate of drug-likeness (QED) is 0.807. The number of nitrogens with one attached hydrogen (secondary N) is 1. The Morgan fingerprint density at radius 3 is 2.56 bits per heavy atom. The average Bonchev–Trinajstić information content (AvgIpc) is 2.18. The van der Waals surface area contributed by atoms with Gasteiger partial charge >= 0.3 is 6.36 Å². The van der Waals surface area contributed by atoms with Gasteiger partial charge in [-0.05, 0) is 0 Å². The molecule has 0 saturated heterocycles. The molecule has 1 rings (SSSR count). The molecule has 0 unspecified atom stereocenters. The van der Waals surface area contributed by atoms with Crippen LogP contribution >= 0.6 is 11.6 Å². The Morgan fingerprint density at radius 1 is 1.50 bits per heavy atom. The molecule has 16 heavy (non-hydrogen) atoms. The molecule has 1 aromatic heterocycles. The molecule has 1 heterocycles. The van der Waals surface area contributed by atoms with Gasteiger partial charge in [0.2, 0.25) is 5.56 Å². The first-order valence-corrected chi connectivity index (χ1v) is 4.58. The van der Waals surface area contributed by atoms with Crippen molar-refractivity contribution in [2.45, 2.75) is 18.8 Å². The number of halogens is 4. The van der Waals surface area contributed by atoms with E-state index in [1.165, 1.54) is 0 Å². The summed E-state index contributed by atoms with van der Waals surface area (Å²) in [6.07, 6.45) is -4.91. The number of alkyl halides is 4. The highest BCUT2D eigenvalue weighted by atomic mass is 35.5. The fourth-order valence-corrected chi connectivity index (χ4v) is 1.30. The maximum Gasteiger partial charge on any atom is 0.573 e. The van der Waals surface area contributed by atoms with Crippen LogP contribution in [-0.4, -0.2) is 16.5 Å². The number of hydrogen-bond donors (Lipinski definition) is 2. The Balaban J connectivity index is 3.28. The van der Waals surface area contributed by atoms with Crippen molar-refractivity contribution >= 4 is 11.6 Å². The summed E-state index contributed by atoms with van der Waals surface area (Å²) < 4.78 is 39.8. The number of pyridine rings is 1. The summed E-state index contributed by atoms with van der Waals surface area (Å²) in [4.78, 5) is 13.1. The van der Waals surface area contributed by atoms with E-state index in [9.17, 15) is 18.0 Å². The van der Waals surface area contributed by atoms with E-state index in [0.717, 1.165) is 6.07 Å². The van der Waals surface area contributed by atoms with Crippen LogP contribution in [0.5, 0.6) is 5.75 Å². The predicted molar refractivity (Wildman–Crippen MR) is 49.2 cm³/mol. The van der Waals surface area contributed by atoms with Gasteiger partial charge in [0, 0.05) is 11.6 Å². The van der Waals surface area contributed by atoms with Crippen molar-refractivity contribution in [2.24, 2.45) is 0 Å². The van der Waals surface area contributed by atoms with Crippen LogP contribution in [0.2, 0.25) is 0 Å². The highest BCUT2D eigenvalue weighted by molar-refractivity contribution is 6.17. The lowest BCUT2D eigenvalue weighted by atomic mass is 10.2. The number of aliphatic hydroxyl groups excluding tert-OH is 1. The van der Waals surface area contributed by atoms with Crippen molar-refractivity contribution in [2.75, 3.05) is 0 Å². The molecular formula is C8H7ClF3NO3. The minimum atomic E-state index is -4.91. The molecule has 1 aromatic rings. The Hall–Kier alpha value is -1.21. The Kier molecular flexibility index (Phi) is 3.82. The van der Waals surface area contributed by atoms with Gasteiger partial charge in [0.05, 0.1) is 18.2 Å². The van der Waals surface area contributed by atoms with Crippen molar-refractivity contribution < 1.29 is 23.0 Å². The van der Waals surface area contributed by atoms with E-state index in [0.29, 0.717) is 0 Å². The van der Waals surface area contributed by atoms with E-state index in [4.69, 9.17) is 16.7 Å². The molecule has 8 heteroatoms. The standard InChI is InChI=1S/C8H7ClF3NO3/c9-2-5-7(16-8(10,11)12)4(3-14)1-6(15)13-5/h1,14H,2-3H2,(H,13,15). The maximum atomic E-state index is 12.0. The van der Waals surface area contributed by atoms with E-state index < -0.39 is 24.3 Å². The zero-order valence-corrected chi connectivity index (χ0v) is 8.52. The van der Waals surface area contributed by atoms with Crippen molar-refractivity contribution in [1.82, 2.24) is 4.98 Å². The summed E-state index contributed by atoms with van der Waals surface area (Å²) in [5.41, 5.74) is -1.15. The molecule has 0 fully saturated rings. The highest BCUT2D eigenvalue weighted by Crippen LogP contribution is 2.29. The fraction of sp³-hybridized carbons (Fsp3) is 0.375. The third-order valence-electron chi connectivity index (χ3n) is 1.67. The van der Waals surface area contributed by atoms with Gasteiger partial charge in [0.25, 0.3) is 0 Å². The molecule has 0 amide bonds. The van der Waals surface area contributed by atoms with Crippen molar-refractivity contribution in [1.29, 1.82) is 0 Å². The summed E-state index contributed by atoms with van der Waals surface area (Å²) in [5.74, 6) is -1.03. The lowest BCUT2D eigenvalue weighted by Gasteiger charge is -2.14. The molecule has 0 radical (unpaired) electrons. The van der Waals surface area contributed by atoms with E-state index in [-0.39, 0.29) is 17.1 Å². The van der Waals surface area contributed by atoms with Crippen LogP contribution in [0.4, 0.5) is 13.2 Å². The topological polar surface area (TPSA) is 62.3 Å². The third-order valence-corrected chi connectivity index (χ3v) is 1.93. The van der Waals surface area contributed by atoms with E-state index >= 15 is 0 Å². The van der Waals surface area contributed by atoms with Crippen LogP contribution < -0.4 is 10.3 Å². The molecule has 4 nitrogen and oxygen atoms in total. The van der Waals surface area contributed by atoms with Crippen LogP contribution in [0.3, 0.4) is 0 Å². The first kappa shape index (κ1) is 12.9. The van der Waals surface area contributed by atoms with Gasteiger partial charge in [-0.2, -0.15) is 0 Å². The maximum absolute atomic E-state index is 12.0. The molecule has 0 spiro atoms.